The van der Waals surface area contributed by atoms with Crippen LogP contribution in [0.1, 0.15) is 64.0 Å². The minimum Gasteiger partial charge on any atom is -0.480 e. The Labute approximate surface area is 297 Å². The van der Waals surface area contributed by atoms with Crippen LogP contribution >= 0.6 is 22.7 Å². The number of nitrogens with two attached hydrogens (primary N) is 1. The van der Waals surface area contributed by atoms with Crippen molar-refractivity contribution in [2.75, 3.05) is 35.8 Å². The highest BCUT2D eigenvalue weighted by atomic mass is 32.2. The standard InChI is InChI=1S/C31H49N9O8S2/c1-50(14-19-25(43)26(44)29(48-19)40-16-36-24-27(32)34-15-35-28(24)40)12-10-17(30(45)46)37-22(42)9-3-2-6-11-33-21(41)8-5-4-7-20-23-18(13-49-20)38-31(47)39-23/h15-20,23,25-26,29,43-44,50H,2-14H2,1H3,(H,33,41)(H,37,42)(H,45,46)(H2,32,34,35)(H2,38,39,47)/t17-,18?,19+,20+,23?,25+,26+,29+/m0/s1. The Balaban J connectivity index is 0.921. The zero-order chi connectivity index (χ0) is 35.8. The third-order valence-corrected chi connectivity index (χ3v) is 12.9. The van der Waals surface area contributed by atoms with Crippen LogP contribution in [0.15, 0.2) is 12.7 Å². The molecule has 5 rings (SSSR count). The molecule has 5 heterocycles. The lowest BCUT2D eigenvalue weighted by molar-refractivity contribution is -0.141. The van der Waals surface area contributed by atoms with Crippen LogP contribution in [0.5, 0.6) is 0 Å². The number of aliphatic carboxylic acids is 1. The van der Waals surface area contributed by atoms with Crippen molar-refractivity contribution in [2.45, 2.75) is 106 Å². The van der Waals surface area contributed by atoms with Gasteiger partial charge < -0.3 is 47.1 Å². The molecule has 3 aliphatic rings. The summed E-state index contributed by atoms with van der Waals surface area (Å²) in [4.78, 5) is 60.4. The summed E-state index contributed by atoms with van der Waals surface area (Å²) < 4.78 is 7.53. The van der Waals surface area contributed by atoms with Gasteiger partial charge >= 0.3 is 12.0 Å². The van der Waals surface area contributed by atoms with Crippen LogP contribution in [-0.2, 0) is 19.1 Å². The highest BCUT2D eigenvalue weighted by Crippen LogP contribution is 2.36. The Morgan fingerprint density at radius 2 is 1.88 bits per heavy atom. The number of urea groups is 1. The first kappa shape index (κ1) is 37.9. The Hall–Kier alpha value is -3.39. The Morgan fingerprint density at radius 1 is 1.10 bits per heavy atom. The summed E-state index contributed by atoms with van der Waals surface area (Å²) in [6, 6.07) is -0.737. The van der Waals surface area contributed by atoms with Crippen LogP contribution in [0, 0.1) is 0 Å². The SMILES string of the molecule is C[SH](CC[C@H](NC(=O)CCCCCNC(=O)CCCC[C@H]1SCC2NC(=O)NC21)C(=O)O)C[C@H]1O[C@@H](n2cnc3c(N)ncnc32)[C@H](O)[C@@H]1O. The molecule has 17 nitrogen and oxygen atoms in total. The van der Waals surface area contributed by atoms with E-state index in [0.717, 1.165) is 37.9 Å². The van der Waals surface area contributed by atoms with Crippen molar-refractivity contribution in [1.29, 1.82) is 0 Å². The molecular weight excluding hydrogens is 691 g/mol. The van der Waals surface area contributed by atoms with E-state index >= 15 is 0 Å². The zero-order valence-electron chi connectivity index (χ0n) is 28.1. The predicted molar refractivity (Wildman–Crippen MR) is 190 cm³/mol. The number of ether oxygens (including phenoxy) is 1. The molecule has 278 valence electrons. The number of carboxylic acid groups (broad SMARTS) is 1. The lowest BCUT2D eigenvalue weighted by atomic mass is 10.0. The average molecular weight is 740 g/mol. The molecule has 0 saturated carbocycles. The number of hydrogen-bond donors (Lipinski definition) is 9. The van der Waals surface area contributed by atoms with Crippen molar-refractivity contribution >= 4 is 63.5 Å². The number of carbonyl (C=O) groups is 4. The zero-order valence-corrected chi connectivity index (χ0v) is 29.8. The van der Waals surface area contributed by atoms with E-state index in [9.17, 15) is 34.5 Å². The number of fused-ring (bicyclic) bond motifs is 2. The fraction of sp³-hybridized carbons (Fsp3) is 0.710. The molecule has 3 saturated heterocycles. The van der Waals surface area contributed by atoms with E-state index in [2.05, 4.69) is 36.2 Å². The van der Waals surface area contributed by atoms with E-state index in [4.69, 9.17) is 10.5 Å². The number of carboxylic acids is 1. The molecule has 0 aliphatic carbocycles. The van der Waals surface area contributed by atoms with Gasteiger partial charge in [-0.2, -0.15) is 11.8 Å². The molecule has 2 aromatic rings. The van der Waals surface area contributed by atoms with Gasteiger partial charge in [0.25, 0.3) is 0 Å². The van der Waals surface area contributed by atoms with E-state index < -0.39 is 47.4 Å². The first-order valence-electron chi connectivity index (χ1n) is 17.1. The van der Waals surface area contributed by atoms with E-state index in [1.54, 1.807) is 0 Å². The van der Waals surface area contributed by atoms with Gasteiger partial charge in [-0.15, -0.1) is 0 Å². The number of thiol groups is 1. The van der Waals surface area contributed by atoms with E-state index in [1.165, 1.54) is 17.2 Å². The maximum atomic E-state index is 12.5. The fourth-order valence-corrected chi connectivity index (χ4v) is 9.96. The van der Waals surface area contributed by atoms with Gasteiger partial charge in [0.15, 0.2) is 17.7 Å². The maximum absolute atomic E-state index is 12.5. The van der Waals surface area contributed by atoms with Crippen molar-refractivity contribution in [3.63, 3.8) is 0 Å². The maximum Gasteiger partial charge on any atom is 0.326 e. The number of nitrogens with zero attached hydrogens (tertiary/aromatic N) is 4. The lowest BCUT2D eigenvalue weighted by Gasteiger charge is -2.24. The van der Waals surface area contributed by atoms with Gasteiger partial charge in [0.05, 0.1) is 24.5 Å². The summed E-state index contributed by atoms with van der Waals surface area (Å²) in [6.45, 7) is 0.525. The second-order valence-electron chi connectivity index (χ2n) is 13.2. The van der Waals surface area contributed by atoms with Crippen LogP contribution in [0.4, 0.5) is 10.6 Å². The second-order valence-corrected chi connectivity index (χ2v) is 17.0. The molecular formula is C31H49N9O8S2. The van der Waals surface area contributed by atoms with E-state index in [0.29, 0.717) is 47.3 Å². The minimum atomic E-state index is -1.23. The number of aliphatic hydroxyl groups is 2. The van der Waals surface area contributed by atoms with Crippen molar-refractivity contribution in [2.24, 2.45) is 0 Å². The summed E-state index contributed by atoms with van der Waals surface area (Å²) in [5, 5.41) is 43.0. The molecule has 0 radical (unpaired) electrons. The number of unbranched alkanes of at least 4 members (excludes halogenated alkanes) is 3. The highest BCUT2D eigenvalue weighted by molar-refractivity contribution is 8.16. The first-order valence-corrected chi connectivity index (χ1v) is 20.3. The van der Waals surface area contributed by atoms with Crippen molar-refractivity contribution in [3.05, 3.63) is 12.7 Å². The summed E-state index contributed by atoms with van der Waals surface area (Å²) in [5.74, 6) is 0.602. The van der Waals surface area contributed by atoms with Crippen LogP contribution in [-0.4, -0.2) is 130 Å². The Morgan fingerprint density at radius 3 is 2.68 bits per heavy atom. The molecule has 19 heteroatoms. The van der Waals surface area contributed by atoms with Crippen molar-refractivity contribution in [3.8, 4) is 0 Å². The number of imidazole rings is 1. The molecule has 9 atom stereocenters. The van der Waals surface area contributed by atoms with Crippen LogP contribution in [0.2, 0.25) is 0 Å². The molecule has 3 aliphatic heterocycles. The fourth-order valence-electron chi connectivity index (χ4n) is 6.62. The number of nitrogen functional groups attached to an aromatic ring is 1. The molecule has 50 heavy (non-hydrogen) atoms. The number of thioether (sulfide) groups is 1. The van der Waals surface area contributed by atoms with Gasteiger partial charge in [-0.05, 0) is 44.1 Å². The molecule has 9 N–H and O–H groups in total. The molecule has 4 amide bonds. The first-order chi connectivity index (χ1) is 24.0. The van der Waals surface area contributed by atoms with Crippen molar-refractivity contribution < 1.29 is 39.2 Å². The van der Waals surface area contributed by atoms with Crippen LogP contribution in [0.25, 0.3) is 11.2 Å². The molecule has 0 spiro atoms. The van der Waals surface area contributed by atoms with Crippen LogP contribution < -0.4 is 27.0 Å². The number of nitrogens with one attached hydrogen (secondary N) is 4. The largest absolute Gasteiger partial charge is 0.480 e. The normalized spacial score (nSPS) is 27.4. The summed E-state index contributed by atoms with van der Waals surface area (Å²) in [7, 11) is -0.803. The molecule has 0 bridgehead atoms. The van der Waals surface area contributed by atoms with Crippen LogP contribution in [0.3, 0.4) is 0 Å². The second kappa shape index (κ2) is 17.7. The molecule has 0 aromatic carbocycles. The number of amides is 4. The van der Waals surface area contributed by atoms with E-state index in [1.807, 2.05) is 18.0 Å². The molecule has 3 unspecified atom stereocenters. The summed E-state index contributed by atoms with van der Waals surface area (Å²) in [5.41, 5.74) is 6.59. The number of anilines is 1. The average Bonchev–Trinajstić information content (AvgIpc) is 3.84. The molecule has 2 aromatic heterocycles. The minimum absolute atomic E-state index is 0.00760. The molecule has 3 fully saturated rings. The lowest BCUT2D eigenvalue weighted by Crippen LogP contribution is -2.41. The van der Waals surface area contributed by atoms with Gasteiger partial charge in [0.2, 0.25) is 11.8 Å². The third-order valence-electron chi connectivity index (χ3n) is 9.41. The van der Waals surface area contributed by atoms with Crippen molar-refractivity contribution in [1.82, 2.24) is 40.8 Å². The summed E-state index contributed by atoms with van der Waals surface area (Å²) in [6.07, 6.45) is 6.24. The monoisotopic (exact) mass is 739 g/mol. The number of hydrogen-bond acceptors (Lipinski definition) is 12. The number of aromatic nitrogens is 4. The predicted octanol–water partition coefficient (Wildman–Crippen LogP) is 0.0206. The Bertz CT molecular complexity index is 1500. The Kier molecular flexibility index (Phi) is 13.4. The summed E-state index contributed by atoms with van der Waals surface area (Å²) >= 11 is 1.87. The number of rotatable bonds is 19. The van der Waals surface area contributed by atoms with Gasteiger partial charge in [-0.1, -0.05) is 12.8 Å². The number of aliphatic hydroxyl groups excluding tert-OH is 2. The van der Waals surface area contributed by atoms with Gasteiger partial charge in [-0.3, -0.25) is 25.1 Å². The third kappa shape index (κ3) is 9.68. The van der Waals surface area contributed by atoms with Gasteiger partial charge in [0, 0.05) is 36.1 Å². The highest BCUT2D eigenvalue weighted by Gasteiger charge is 2.45. The van der Waals surface area contributed by atoms with Gasteiger partial charge in [-0.25, -0.2) is 24.5 Å². The number of carbonyl (C=O) groups excluding carboxylic acids is 3. The topological polar surface area (TPSA) is 256 Å². The smallest absolute Gasteiger partial charge is 0.326 e. The quantitative estimate of drug-likeness (QED) is 0.0524. The van der Waals surface area contributed by atoms with E-state index in [-0.39, 0.29) is 48.6 Å². The van der Waals surface area contributed by atoms with Gasteiger partial charge in [0.1, 0.15) is 30.1 Å².